The normalized spacial score (nSPS) is 18.2. The molecular weight excluding hydrogens is 452 g/mol. The number of carbonyl (C=O) groups is 3. The van der Waals surface area contributed by atoms with E-state index in [1.807, 2.05) is 0 Å². The number of hydrogen-bond donors (Lipinski definition) is 0. The van der Waals surface area contributed by atoms with Gasteiger partial charge in [-0.1, -0.05) is 35.5 Å². The van der Waals surface area contributed by atoms with Crippen molar-refractivity contribution in [3.63, 3.8) is 0 Å². The number of benzene rings is 2. The van der Waals surface area contributed by atoms with Gasteiger partial charge in [0.1, 0.15) is 36.0 Å². The highest BCUT2D eigenvalue weighted by Gasteiger charge is 2.55. The second-order valence-electron chi connectivity index (χ2n) is 8.56. The van der Waals surface area contributed by atoms with Crippen LogP contribution in [0.15, 0.2) is 65.4 Å². The Kier molecular flexibility index (Phi) is 6.81. The Morgan fingerprint density at radius 2 is 1.77 bits per heavy atom. The molecule has 2 atom stereocenters. The van der Waals surface area contributed by atoms with Gasteiger partial charge in [-0.15, -0.1) is 0 Å². The van der Waals surface area contributed by atoms with E-state index in [-0.39, 0.29) is 6.79 Å². The smallest absolute Gasteiger partial charge is 0.295 e. The summed E-state index contributed by atoms with van der Waals surface area (Å²) in [5.74, 6) is -2.96. The van der Waals surface area contributed by atoms with E-state index in [0.29, 0.717) is 22.7 Å². The molecule has 0 N–H and O–H groups in total. The molecule has 4 rings (SSSR count). The monoisotopic (exact) mass is 478 g/mol. The number of amides is 1. The number of ether oxygens (including phenoxy) is 3. The van der Waals surface area contributed by atoms with E-state index in [1.165, 1.54) is 25.4 Å². The van der Waals surface area contributed by atoms with Crippen LogP contribution >= 0.6 is 0 Å². The van der Waals surface area contributed by atoms with Crippen molar-refractivity contribution in [3.05, 3.63) is 66.4 Å². The van der Waals surface area contributed by atoms with Crippen LogP contribution in [0.25, 0.3) is 11.3 Å². The summed E-state index contributed by atoms with van der Waals surface area (Å²) >= 11 is 0. The quantitative estimate of drug-likeness (QED) is 0.261. The van der Waals surface area contributed by atoms with E-state index in [9.17, 15) is 14.4 Å². The van der Waals surface area contributed by atoms with Crippen LogP contribution in [0.4, 0.5) is 5.69 Å². The van der Waals surface area contributed by atoms with Crippen molar-refractivity contribution >= 4 is 23.2 Å². The molecule has 2 unspecified atom stereocenters. The Morgan fingerprint density at radius 1 is 1.06 bits per heavy atom. The van der Waals surface area contributed by atoms with Gasteiger partial charge in [-0.2, -0.15) is 0 Å². The van der Waals surface area contributed by atoms with Crippen molar-refractivity contribution in [3.8, 4) is 17.0 Å². The van der Waals surface area contributed by atoms with Gasteiger partial charge in [-0.3, -0.25) is 19.3 Å². The van der Waals surface area contributed by atoms with Gasteiger partial charge < -0.3 is 18.7 Å². The number of carbonyl (C=O) groups excluding carboxylic acids is 3. The molecule has 1 aliphatic heterocycles. The Bertz CT molecular complexity index is 1220. The molecule has 0 spiro atoms. The summed E-state index contributed by atoms with van der Waals surface area (Å²) in [6.07, 6.45) is 1.47. The Labute approximate surface area is 202 Å². The maximum absolute atomic E-state index is 13.7. The van der Waals surface area contributed by atoms with Gasteiger partial charge in [-0.25, -0.2) is 0 Å². The molecule has 3 aromatic rings. The number of methoxy groups -OCH3 is 2. The Hall–Kier alpha value is -3.82. The van der Waals surface area contributed by atoms with Gasteiger partial charge in [-0.05, 0) is 32.0 Å². The van der Waals surface area contributed by atoms with E-state index < -0.39 is 35.0 Å². The average Bonchev–Trinajstić information content (AvgIpc) is 3.49. The molecule has 2 heterocycles. The largest absolute Gasteiger partial charge is 0.496 e. The summed E-state index contributed by atoms with van der Waals surface area (Å²) in [5.41, 5.74) is 1.03. The number of para-hydroxylation sites is 1. The zero-order valence-corrected chi connectivity index (χ0v) is 19.9. The number of anilines is 1. The maximum atomic E-state index is 13.7. The second-order valence-corrected chi connectivity index (χ2v) is 8.56. The minimum atomic E-state index is -1.37. The highest BCUT2D eigenvalue weighted by molar-refractivity contribution is 6.48. The first-order valence-electron chi connectivity index (χ1n) is 11.0. The first kappa shape index (κ1) is 24.3. The molecule has 9 nitrogen and oxygen atoms in total. The van der Waals surface area contributed by atoms with Crippen LogP contribution in [0.1, 0.15) is 25.5 Å². The van der Waals surface area contributed by atoms with Gasteiger partial charge in [0.05, 0.1) is 13.2 Å². The first-order valence-corrected chi connectivity index (χ1v) is 11.0. The van der Waals surface area contributed by atoms with E-state index in [0.717, 1.165) is 5.56 Å². The first-order chi connectivity index (χ1) is 16.8. The summed E-state index contributed by atoms with van der Waals surface area (Å²) in [4.78, 5) is 41.7. The minimum absolute atomic E-state index is 0.139. The third-order valence-electron chi connectivity index (χ3n) is 6.06. The molecule has 182 valence electrons. The summed E-state index contributed by atoms with van der Waals surface area (Å²) in [5, 5.41) is 3.92. The standard InChI is InChI=1S/C26H26N2O7/c1-26(2,34-15-32-3)24(30)21-22(18-7-5-6-8-20(18)33-4)28(25(31)23(21)29)17-11-9-16(10-12-17)19-13-14-35-27-19/h5-14,21-22H,15H2,1-4H3. The topological polar surface area (TPSA) is 108 Å². The van der Waals surface area contributed by atoms with Crippen LogP contribution < -0.4 is 9.64 Å². The van der Waals surface area contributed by atoms with E-state index in [1.54, 1.807) is 68.4 Å². The predicted octanol–water partition coefficient (Wildman–Crippen LogP) is 3.59. The molecular formula is C26H26N2O7. The lowest BCUT2D eigenvalue weighted by Gasteiger charge is -2.32. The van der Waals surface area contributed by atoms with Crippen LogP contribution in [0.2, 0.25) is 0 Å². The van der Waals surface area contributed by atoms with Crippen molar-refractivity contribution < 1.29 is 33.1 Å². The fourth-order valence-electron chi connectivity index (χ4n) is 4.25. The summed E-state index contributed by atoms with van der Waals surface area (Å²) < 4.78 is 21.0. The minimum Gasteiger partial charge on any atom is -0.496 e. The van der Waals surface area contributed by atoms with Gasteiger partial charge in [0, 0.05) is 30.0 Å². The molecule has 1 fully saturated rings. The number of hydrogen-bond acceptors (Lipinski definition) is 8. The van der Waals surface area contributed by atoms with Crippen molar-refractivity contribution in [2.75, 3.05) is 25.9 Å². The average molecular weight is 479 g/mol. The highest BCUT2D eigenvalue weighted by atomic mass is 16.7. The zero-order valence-electron chi connectivity index (χ0n) is 19.9. The lowest BCUT2D eigenvalue weighted by atomic mass is 9.82. The van der Waals surface area contributed by atoms with Crippen LogP contribution in [-0.4, -0.2) is 49.2 Å². The maximum Gasteiger partial charge on any atom is 0.295 e. The van der Waals surface area contributed by atoms with Crippen LogP contribution in [0, 0.1) is 5.92 Å². The fraction of sp³-hybridized carbons (Fsp3) is 0.308. The molecule has 1 aromatic heterocycles. The number of nitrogens with zero attached hydrogens (tertiary/aromatic N) is 2. The molecule has 1 amide bonds. The van der Waals surface area contributed by atoms with Crippen molar-refractivity contribution in [1.29, 1.82) is 0 Å². The van der Waals surface area contributed by atoms with Gasteiger partial charge in [0.2, 0.25) is 5.78 Å². The van der Waals surface area contributed by atoms with Gasteiger partial charge in [0.15, 0.2) is 5.78 Å². The summed E-state index contributed by atoms with van der Waals surface area (Å²) in [7, 11) is 2.93. The molecule has 1 saturated heterocycles. The van der Waals surface area contributed by atoms with Crippen LogP contribution in [-0.2, 0) is 23.9 Å². The molecule has 9 heteroatoms. The van der Waals surface area contributed by atoms with Gasteiger partial charge in [0.25, 0.3) is 5.91 Å². The lowest BCUT2D eigenvalue weighted by Crippen LogP contribution is -2.44. The molecule has 1 aliphatic rings. The molecule has 2 aromatic carbocycles. The molecule has 0 aliphatic carbocycles. The van der Waals surface area contributed by atoms with Crippen LogP contribution in [0.3, 0.4) is 0 Å². The van der Waals surface area contributed by atoms with Crippen LogP contribution in [0.5, 0.6) is 5.75 Å². The number of rotatable bonds is 9. The number of Topliss-reactive ketones (excluding diaryl/α,β-unsaturated/α-hetero) is 2. The Balaban J connectivity index is 1.81. The highest BCUT2D eigenvalue weighted by Crippen LogP contribution is 2.45. The lowest BCUT2D eigenvalue weighted by molar-refractivity contribution is -0.161. The third kappa shape index (κ3) is 4.48. The Morgan fingerprint density at radius 3 is 2.40 bits per heavy atom. The predicted molar refractivity (Wildman–Crippen MR) is 126 cm³/mol. The summed E-state index contributed by atoms with van der Waals surface area (Å²) in [6, 6.07) is 14.8. The second kappa shape index (κ2) is 9.81. The van der Waals surface area contributed by atoms with Crippen molar-refractivity contribution in [2.24, 2.45) is 5.92 Å². The SMILES string of the molecule is COCOC(C)(C)C(=O)C1C(=O)C(=O)N(c2ccc(-c3ccon3)cc2)C1c1ccccc1OC. The van der Waals surface area contributed by atoms with E-state index >= 15 is 0 Å². The zero-order chi connectivity index (χ0) is 25.2. The fourth-order valence-corrected chi connectivity index (χ4v) is 4.25. The van der Waals surface area contributed by atoms with E-state index in [4.69, 9.17) is 18.7 Å². The van der Waals surface area contributed by atoms with Crippen molar-refractivity contribution in [1.82, 2.24) is 5.16 Å². The molecule has 35 heavy (non-hydrogen) atoms. The molecule has 0 bridgehead atoms. The summed E-state index contributed by atoms with van der Waals surface area (Å²) in [6.45, 7) is 2.97. The van der Waals surface area contributed by atoms with Crippen molar-refractivity contribution in [2.45, 2.75) is 25.5 Å². The number of aromatic nitrogens is 1. The molecule has 0 radical (unpaired) electrons. The third-order valence-corrected chi connectivity index (χ3v) is 6.06. The van der Waals surface area contributed by atoms with E-state index in [2.05, 4.69) is 5.16 Å². The number of ketones is 2. The van der Waals surface area contributed by atoms with Gasteiger partial charge >= 0.3 is 0 Å². The molecule has 0 saturated carbocycles.